The van der Waals surface area contributed by atoms with Gasteiger partial charge in [0, 0.05) is 19.9 Å². The third-order valence-electron chi connectivity index (χ3n) is 2.30. The average Bonchev–Trinajstić information content (AvgIpc) is 2.34. The Morgan fingerprint density at radius 3 is 2.78 bits per heavy atom. The van der Waals surface area contributed by atoms with Crippen LogP contribution in [-0.4, -0.2) is 47.1 Å². The smallest absolute Gasteiger partial charge is 0.312 e. The zero-order valence-corrected chi connectivity index (χ0v) is 10.2. The van der Waals surface area contributed by atoms with E-state index in [1.807, 2.05) is 6.07 Å². The molecule has 1 heterocycles. The van der Waals surface area contributed by atoms with Crippen molar-refractivity contribution in [2.45, 2.75) is 13.0 Å². The highest BCUT2D eigenvalue weighted by Crippen LogP contribution is 2.03. The van der Waals surface area contributed by atoms with Gasteiger partial charge in [-0.15, -0.1) is 0 Å². The van der Waals surface area contributed by atoms with Crippen LogP contribution in [0, 0.1) is 0 Å². The summed E-state index contributed by atoms with van der Waals surface area (Å²) in [6.07, 6.45) is 1.11. The number of aliphatic carboxylic acids is 1. The second-order valence-electron chi connectivity index (χ2n) is 3.70. The first-order chi connectivity index (χ1) is 8.63. The fraction of sp³-hybridized carbons (Fsp3) is 0.417. The fourth-order valence-corrected chi connectivity index (χ4v) is 1.42. The number of hydrogen-bond donors (Lipinski definition) is 1. The van der Waals surface area contributed by atoms with Gasteiger partial charge in [0.1, 0.15) is 6.42 Å². The molecule has 1 aromatic heterocycles. The highest BCUT2D eigenvalue weighted by Gasteiger charge is 2.17. The summed E-state index contributed by atoms with van der Waals surface area (Å²) in [5, 5.41) is 8.63. The van der Waals surface area contributed by atoms with Gasteiger partial charge in [0.15, 0.2) is 0 Å². The van der Waals surface area contributed by atoms with E-state index in [0.29, 0.717) is 18.8 Å². The predicted molar refractivity (Wildman–Crippen MR) is 63.8 cm³/mol. The van der Waals surface area contributed by atoms with Gasteiger partial charge >= 0.3 is 5.97 Å². The minimum atomic E-state index is -1.14. The molecule has 6 nitrogen and oxygen atoms in total. The number of ether oxygens (including phenoxy) is 1. The quantitative estimate of drug-likeness (QED) is 0.716. The van der Waals surface area contributed by atoms with Crippen LogP contribution in [0.25, 0.3) is 0 Å². The second-order valence-corrected chi connectivity index (χ2v) is 3.70. The van der Waals surface area contributed by atoms with Crippen LogP contribution in [0.4, 0.5) is 0 Å². The summed E-state index contributed by atoms with van der Waals surface area (Å²) in [5.41, 5.74) is 0.715. The number of amides is 1. The fourth-order valence-electron chi connectivity index (χ4n) is 1.42. The molecule has 0 aliphatic rings. The van der Waals surface area contributed by atoms with Crippen molar-refractivity contribution < 1.29 is 19.4 Å². The predicted octanol–water partition coefficient (Wildman–Crippen LogP) is 0.531. The molecule has 1 rings (SSSR count). The number of carboxylic acid groups (broad SMARTS) is 1. The molecule has 98 valence electrons. The lowest BCUT2D eigenvalue weighted by Gasteiger charge is -2.21. The molecule has 6 heteroatoms. The SMILES string of the molecule is COCCN(Cc1ccccn1)C(=O)CC(=O)O. The molecule has 0 saturated heterocycles. The van der Waals surface area contributed by atoms with Gasteiger partial charge in [0.05, 0.1) is 18.8 Å². The summed E-state index contributed by atoms with van der Waals surface area (Å²) >= 11 is 0. The Morgan fingerprint density at radius 1 is 1.44 bits per heavy atom. The first-order valence-electron chi connectivity index (χ1n) is 5.52. The zero-order valence-electron chi connectivity index (χ0n) is 10.2. The molecular formula is C12H16N2O4. The standard InChI is InChI=1S/C12H16N2O4/c1-18-7-6-14(11(15)8-12(16)17)9-10-4-2-3-5-13-10/h2-5H,6-9H2,1H3,(H,16,17). The number of hydrogen-bond acceptors (Lipinski definition) is 4. The van der Waals surface area contributed by atoms with E-state index in [1.54, 1.807) is 18.3 Å². The van der Waals surface area contributed by atoms with Gasteiger partial charge in [-0.25, -0.2) is 0 Å². The van der Waals surface area contributed by atoms with Crippen LogP contribution in [0.15, 0.2) is 24.4 Å². The highest BCUT2D eigenvalue weighted by molar-refractivity contribution is 5.93. The number of rotatable bonds is 7. The summed E-state index contributed by atoms with van der Waals surface area (Å²) in [7, 11) is 1.53. The summed E-state index contributed by atoms with van der Waals surface area (Å²) in [4.78, 5) is 27.8. The Balaban J connectivity index is 2.65. The van der Waals surface area contributed by atoms with E-state index in [9.17, 15) is 9.59 Å². The topological polar surface area (TPSA) is 79.7 Å². The zero-order chi connectivity index (χ0) is 13.4. The first kappa shape index (κ1) is 14.1. The van der Waals surface area contributed by atoms with Gasteiger partial charge in [0.2, 0.25) is 5.91 Å². The maximum Gasteiger partial charge on any atom is 0.312 e. The number of carboxylic acids is 1. The number of nitrogens with zero attached hydrogens (tertiary/aromatic N) is 2. The van der Waals surface area contributed by atoms with Crippen molar-refractivity contribution in [3.63, 3.8) is 0 Å². The van der Waals surface area contributed by atoms with Crippen molar-refractivity contribution in [3.05, 3.63) is 30.1 Å². The van der Waals surface area contributed by atoms with E-state index in [4.69, 9.17) is 9.84 Å². The van der Waals surface area contributed by atoms with Crippen LogP contribution < -0.4 is 0 Å². The van der Waals surface area contributed by atoms with Crippen LogP contribution in [0.3, 0.4) is 0 Å². The third kappa shape index (κ3) is 4.92. The molecule has 1 aromatic rings. The summed E-state index contributed by atoms with van der Waals surface area (Å²) in [6.45, 7) is 0.994. The number of carbonyl (C=O) groups is 2. The normalized spacial score (nSPS) is 10.1. The average molecular weight is 252 g/mol. The van der Waals surface area contributed by atoms with Crippen LogP contribution in [0.5, 0.6) is 0 Å². The Labute approximate surface area is 105 Å². The Kier molecular flexibility index (Phi) is 5.79. The number of aromatic nitrogens is 1. The summed E-state index contributed by atoms with van der Waals surface area (Å²) < 4.78 is 4.90. The van der Waals surface area contributed by atoms with Crippen molar-refractivity contribution in [2.24, 2.45) is 0 Å². The van der Waals surface area contributed by atoms with Gasteiger partial charge in [-0.1, -0.05) is 6.07 Å². The molecule has 0 aromatic carbocycles. The molecular weight excluding hydrogens is 236 g/mol. The largest absolute Gasteiger partial charge is 0.481 e. The molecule has 0 radical (unpaired) electrons. The Hall–Kier alpha value is -1.95. The van der Waals surface area contributed by atoms with Crippen LogP contribution in [0.2, 0.25) is 0 Å². The van der Waals surface area contributed by atoms with Gasteiger partial charge in [-0.2, -0.15) is 0 Å². The molecule has 0 atom stereocenters. The van der Waals surface area contributed by atoms with Crippen molar-refractivity contribution >= 4 is 11.9 Å². The maximum atomic E-state index is 11.7. The Morgan fingerprint density at radius 2 is 2.22 bits per heavy atom. The summed E-state index contributed by atoms with van der Waals surface area (Å²) in [6, 6.07) is 5.38. The number of methoxy groups -OCH3 is 1. The van der Waals surface area contributed by atoms with Crippen molar-refractivity contribution in [1.29, 1.82) is 0 Å². The van der Waals surface area contributed by atoms with E-state index in [1.165, 1.54) is 12.0 Å². The molecule has 0 bridgehead atoms. The summed E-state index contributed by atoms with van der Waals surface area (Å²) in [5.74, 6) is -1.58. The monoisotopic (exact) mass is 252 g/mol. The van der Waals surface area contributed by atoms with E-state index < -0.39 is 18.3 Å². The molecule has 0 unspecified atom stereocenters. The van der Waals surface area contributed by atoms with Crippen molar-refractivity contribution in [3.8, 4) is 0 Å². The van der Waals surface area contributed by atoms with Crippen LogP contribution >= 0.6 is 0 Å². The molecule has 0 fully saturated rings. The number of pyridine rings is 1. The van der Waals surface area contributed by atoms with E-state index in [0.717, 1.165) is 0 Å². The lowest BCUT2D eigenvalue weighted by Crippen LogP contribution is -2.34. The van der Waals surface area contributed by atoms with Gasteiger partial charge in [0.25, 0.3) is 0 Å². The highest BCUT2D eigenvalue weighted by atomic mass is 16.5. The maximum absolute atomic E-state index is 11.7. The van der Waals surface area contributed by atoms with Gasteiger partial charge in [-0.3, -0.25) is 14.6 Å². The molecule has 0 saturated carbocycles. The minimum Gasteiger partial charge on any atom is -0.481 e. The van der Waals surface area contributed by atoms with Crippen LogP contribution in [0.1, 0.15) is 12.1 Å². The van der Waals surface area contributed by atoms with E-state index >= 15 is 0 Å². The third-order valence-corrected chi connectivity index (χ3v) is 2.30. The molecule has 0 aliphatic carbocycles. The minimum absolute atomic E-state index is 0.288. The first-order valence-corrected chi connectivity index (χ1v) is 5.52. The lowest BCUT2D eigenvalue weighted by atomic mass is 10.3. The molecule has 0 spiro atoms. The molecule has 0 aliphatic heterocycles. The molecule has 18 heavy (non-hydrogen) atoms. The van der Waals surface area contributed by atoms with Crippen LogP contribution in [-0.2, 0) is 20.9 Å². The number of carbonyl (C=O) groups excluding carboxylic acids is 1. The molecule has 1 amide bonds. The van der Waals surface area contributed by atoms with Gasteiger partial charge in [-0.05, 0) is 12.1 Å². The second kappa shape index (κ2) is 7.39. The van der Waals surface area contributed by atoms with Crippen molar-refractivity contribution in [2.75, 3.05) is 20.3 Å². The lowest BCUT2D eigenvalue weighted by molar-refractivity contribution is -0.144. The van der Waals surface area contributed by atoms with E-state index in [2.05, 4.69) is 4.98 Å². The van der Waals surface area contributed by atoms with Crippen molar-refractivity contribution in [1.82, 2.24) is 9.88 Å². The Bertz CT molecular complexity index is 394. The van der Waals surface area contributed by atoms with Gasteiger partial charge < -0.3 is 14.7 Å². The van der Waals surface area contributed by atoms with E-state index in [-0.39, 0.29) is 6.54 Å². The molecule has 1 N–H and O–H groups in total.